The topological polar surface area (TPSA) is 148 Å². The summed E-state index contributed by atoms with van der Waals surface area (Å²) in [5.41, 5.74) is 6.76. The number of nitrogens with two attached hydrogens (primary N) is 1. The van der Waals surface area contributed by atoms with Crippen LogP contribution in [0, 0.1) is 10.1 Å². The standard InChI is InChI=1S/C16H12N8O3/c1-27-13-7-11-9(6-12(13)24(25)26)15(20-8-19-11)23-16(17)21-14(22-23)10-4-2-3-5-18-10/h2-8H,1H3,(H2,17,21,22). The van der Waals surface area contributed by atoms with Crippen molar-refractivity contribution in [1.29, 1.82) is 0 Å². The Morgan fingerprint density at radius 2 is 2.07 bits per heavy atom. The van der Waals surface area contributed by atoms with Gasteiger partial charge >= 0.3 is 5.69 Å². The molecule has 0 amide bonds. The molecule has 11 nitrogen and oxygen atoms in total. The largest absolute Gasteiger partial charge is 0.490 e. The number of aromatic nitrogens is 6. The average molecular weight is 364 g/mol. The fraction of sp³-hybridized carbons (Fsp3) is 0.0625. The minimum absolute atomic E-state index is 0.0640. The van der Waals surface area contributed by atoms with Gasteiger partial charge in [-0.1, -0.05) is 6.07 Å². The molecule has 0 aliphatic heterocycles. The Labute approximate surface area is 151 Å². The highest BCUT2D eigenvalue weighted by atomic mass is 16.6. The maximum atomic E-state index is 11.3. The van der Waals surface area contributed by atoms with Crippen LogP contribution in [0.4, 0.5) is 11.6 Å². The van der Waals surface area contributed by atoms with Gasteiger partial charge in [-0.25, -0.2) is 9.97 Å². The average Bonchev–Trinajstić information content (AvgIpc) is 3.08. The maximum absolute atomic E-state index is 11.3. The molecular formula is C16H12N8O3. The lowest BCUT2D eigenvalue weighted by molar-refractivity contribution is -0.385. The number of ether oxygens (including phenoxy) is 1. The van der Waals surface area contributed by atoms with Gasteiger partial charge in [0.15, 0.2) is 11.6 Å². The molecule has 3 heterocycles. The summed E-state index contributed by atoms with van der Waals surface area (Å²) in [5.74, 6) is 0.729. The van der Waals surface area contributed by atoms with Gasteiger partial charge in [0.25, 0.3) is 0 Å². The Morgan fingerprint density at radius 1 is 1.22 bits per heavy atom. The zero-order valence-electron chi connectivity index (χ0n) is 14.0. The number of nitro benzene ring substituents is 1. The molecule has 4 rings (SSSR count). The number of hydrogen-bond donors (Lipinski definition) is 1. The zero-order valence-corrected chi connectivity index (χ0v) is 14.0. The van der Waals surface area contributed by atoms with E-state index in [1.54, 1.807) is 24.4 Å². The molecule has 0 spiro atoms. The van der Waals surface area contributed by atoms with Crippen molar-refractivity contribution in [3.63, 3.8) is 0 Å². The van der Waals surface area contributed by atoms with Crippen molar-refractivity contribution in [1.82, 2.24) is 29.7 Å². The van der Waals surface area contributed by atoms with Gasteiger partial charge in [0.1, 0.15) is 12.0 Å². The van der Waals surface area contributed by atoms with E-state index in [0.29, 0.717) is 22.4 Å². The number of methoxy groups -OCH3 is 1. The molecule has 0 aliphatic rings. The highest BCUT2D eigenvalue weighted by Gasteiger charge is 2.21. The predicted octanol–water partition coefficient (Wildman–Crippen LogP) is 1.77. The van der Waals surface area contributed by atoms with E-state index in [4.69, 9.17) is 10.5 Å². The molecule has 0 saturated carbocycles. The van der Waals surface area contributed by atoms with E-state index < -0.39 is 4.92 Å². The first-order chi connectivity index (χ1) is 13.1. The summed E-state index contributed by atoms with van der Waals surface area (Å²) in [6.07, 6.45) is 2.92. The van der Waals surface area contributed by atoms with Crippen LogP contribution in [-0.2, 0) is 0 Å². The van der Waals surface area contributed by atoms with Crippen molar-refractivity contribution in [2.45, 2.75) is 0 Å². The zero-order chi connectivity index (χ0) is 19.0. The number of nitrogen functional groups attached to an aromatic ring is 1. The van der Waals surface area contributed by atoms with Gasteiger partial charge in [-0.05, 0) is 12.1 Å². The number of nitro groups is 1. The molecule has 0 unspecified atom stereocenters. The highest BCUT2D eigenvalue weighted by Crippen LogP contribution is 2.33. The van der Waals surface area contributed by atoms with Gasteiger partial charge in [-0.15, -0.1) is 5.10 Å². The van der Waals surface area contributed by atoms with Crippen LogP contribution < -0.4 is 10.5 Å². The minimum Gasteiger partial charge on any atom is -0.490 e. The molecule has 2 N–H and O–H groups in total. The summed E-state index contributed by atoms with van der Waals surface area (Å²) >= 11 is 0. The number of fused-ring (bicyclic) bond motifs is 1. The van der Waals surface area contributed by atoms with Crippen molar-refractivity contribution >= 4 is 22.5 Å². The van der Waals surface area contributed by atoms with Gasteiger partial charge < -0.3 is 10.5 Å². The second-order valence-corrected chi connectivity index (χ2v) is 5.42. The van der Waals surface area contributed by atoms with Crippen LogP contribution in [0.25, 0.3) is 28.2 Å². The number of hydrogen-bond acceptors (Lipinski definition) is 9. The maximum Gasteiger partial charge on any atom is 0.311 e. The normalized spacial score (nSPS) is 10.9. The summed E-state index contributed by atoms with van der Waals surface area (Å²) in [7, 11) is 1.35. The third kappa shape index (κ3) is 2.76. The van der Waals surface area contributed by atoms with E-state index >= 15 is 0 Å². The SMILES string of the molecule is COc1cc2ncnc(-n3nc(-c4ccccn4)nc3N)c2cc1[N+](=O)[O-]. The van der Waals surface area contributed by atoms with Gasteiger partial charge in [0, 0.05) is 18.3 Å². The van der Waals surface area contributed by atoms with Crippen LogP contribution in [0.15, 0.2) is 42.9 Å². The van der Waals surface area contributed by atoms with Crippen molar-refractivity contribution in [2.75, 3.05) is 12.8 Å². The smallest absolute Gasteiger partial charge is 0.311 e. The first-order valence-corrected chi connectivity index (χ1v) is 7.70. The number of rotatable bonds is 4. The number of benzene rings is 1. The Morgan fingerprint density at radius 3 is 2.78 bits per heavy atom. The molecule has 134 valence electrons. The quantitative estimate of drug-likeness (QED) is 0.422. The molecule has 0 radical (unpaired) electrons. The van der Waals surface area contributed by atoms with Crippen LogP contribution in [0.3, 0.4) is 0 Å². The summed E-state index contributed by atoms with van der Waals surface area (Å²) in [4.78, 5) is 27.5. The fourth-order valence-corrected chi connectivity index (χ4v) is 2.62. The molecule has 27 heavy (non-hydrogen) atoms. The molecule has 0 fully saturated rings. The Balaban J connectivity index is 1.93. The fourth-order valence-electron chi connectivity index (χ4n) is 2.62. The lowest BCUT2D eigenvalue weighted by Crippen LogP contribution is -2.06. The first-order valence-electron chi connectivity index (χ1n) is 7.70. The van der Waals surface area contributed by atoms with Crippen molar-refractivity contribution in [2.24, 2.45) is 0 Å². The van der Waals surface area contributed by atoms with Gasteiger partial charge in [0.05, 0.1) is 22.9 Å². The molecule has 3 aromatic heterocycles. The van der Waals surface area contributed by atoms with Crippen LogP contribution in [0.1, 0.15) is 0 Å². The number of pyridine rings is 1. The summed E-state index contributed by atoms with van der Waals surface area (Å²) in [6, 6.07) is 8.10. The van der Waals surface area contributed by atoms with Gasteiger partial charge in [-0.2, -0.15) is 9.67 Å². The van der Waals surface area contributed by atoms with E-state index in [1.807, 2.05) is 0 Å². The molecule has 0 bridgehead atoms. The van der Waals surface area contributed by atoms with Gasteiger partial charge in [0.2, 0.25) is 11.8 Å². The van der Waals surface area contributed by atoms with Crippen molar-refractivity contribution < 1.29 is 9.66 Å². The van der Waals surface area contributed by atoms with Crippen LogP contribution in [0.5, 0.6) is 5.75 Å². The Hall–Kier alpha value is -4.15. The molecule has 11 heteroatoms. The van der Waals surface area contributed by atoms with Crippen molar-refractivity contribution in [3.8, 4) is 23.1 Å². The lowest BCUT2D eigenvalue weighted by Gasteiger charge is -2.07. The Kier molecular flexibility index (Phi) is 3.81. The molecule has 0 saturated heterocycles. The van der Waals surface area contributed by atoms with E-state index in [0.717, 1.165) is 0 Å². The van der Waals surface area contributed by atoms with Crippen molar-refractivity contribution in [3.05, 3.63) is 53.0 Å². The molecular weight excluding hydrogens is 352 g/mol. The van der Waals surface area contributed by atoms with Gasteiger partial charge in [-0.3, -0.25) is 15.1 Å². The lowest BCUT2D eigenvalue weighted by atomic mass is 10.2. The predicted molar refractivity (Wildman–Crippen MR) is 95.3 cm³/mol. The third-order valence-corrected chi connectivity index (χ3v) is 3.84. The van der Waals surface area contributed by atoms with E-state index in [1.165, 1.54) is 30.3 Å². The first kappa shape index (κ1) is 16.3. The minimum atomic E-state index is -0.543. The molecule has 1 aromatic carbocycles. The molecule has 4 aromatic rings. The highest BCUT2D eigenvalue weighted by molar-refractivity contribution is 5.89. The van der Waals surface area contributed by atoms with Crippen LogP contribution >= 0.6 is 0 Å². The van der Waals surface area contributed by atoms with Crippen LogP contribution in [0.2, 0.25) is 0 Å². The van der Waals surface area contributed by atoms with Crippen LogP contribution in [-0.4, -0.2) is 41.7 Å². The molecule has 0 atom stereocenters. The Bertz CT molecular complexity index is 1160. The second kappa shape index (κ2) is 6.29. The third-order valence-electron chi connectivity index (χ3n) is 3.84. The van der Waals surface area contributed by atoms with E-state index in [-0.39, 0.29) is 23.2 Å². The number of anilines is 1. The second-order valence-electron chi connectivity index (χ2n) is 5.42. The summed E-state index contributed by atoms with van der Waals surface area (Å²) in [6.45, 7) is 0. The van der Waals surface area contributed by atoms with E-state index in [2.05, 4.69) is 25.0 Å². The number of nitrogens with zero attached hydrogens (tertiary/aromatic N) is 7. The molecule has 0 aliphatic carbocycles. The monoisotopic (exact) mass is 364 g/mol. The van der Waals surface area contributed by atoms with E-state index in [9.17, 15) is 10.1 Å². The summed E-state index contributed by atoms with van der Waals surface area (Å²) in [5, 5.41) is 16.1. The summed E-state index contributed by atoms with van der Waals surface area (Å²) < 4.78 is 6.37.